The molecular formula is C13H18N4OS. The molecule has 0 fully saturated rings. The SMILES string of the molecule is CSCc1noc(CN(C)CCc2ccccn2)n1. The van der Waals surface area contributed by atoms with E-state index in [4.69, 9.17) is 4.52 Å². The van der Waals surface area contributed by atoms with Crippen molar-refractivity contribution >= 4 is 11.8 Å². The minimum absolute atomic E-state index is 0.674. The van der Waals surface area contributed by atoms with E-state index in [-0.39, 0.29) is 0 Å². The molecule has 2 heterocycles. The zero-order chi connectivity index (χ0) is 13.5. The van der Waals surface area contributed by atoms with Gasteiger partial charge in [-0.2, -0.15) is 16.7 Å². The number of rotatable bonds is 7. The minimum Gasteiger partial charge on any atom is -0.338 e. The maximum Gasteiger partial charge on any atom is 0.240 e. The lowest BCUT2D eigenvalue weighted by Gasteiger charge is -2.13. The fourth-order valence-electron chi connectivity index (χ4n) is 1.70. The molecule has 0 aliphatic rings. The molecule has 0 spiro atoms. The monoisotopic (exact) mass is 278 g/mol. The summed E-state index contributed by atoms with van der Waals surface area (Å²) in [7, 11) is 2.04. The first-order valence-corrected chi connectivity index (χ1v) is 7.56. The average molecular weight is 278 g/mol. The van der Waals surface area contributed by atoms with Gasteiger partial charge < -0.3 is 4.52 Å². The Morgan fingerprint density at radius 3 is 3.00 bits per heavy atom. The molecule has 0 amide bonds. The predicted molar refractivity (Wildman–Crippen MR) is 75.8 cm³/mol. The summed E-state index contributed by atoms with van der Waals surface area (Å²) in [5, 5.41) is 3.93. The predicted octanol–water partition coefficient (Wildman–Crippen LogP) is 2.00. The summed E-state index contributed by atoms with van der Waals surface area (Å²) in [6.07, 6.45) is 4.76. The van der Waals surface area contributed by atoms with E-state index in [2.05, 4.69) is 20.0 Å². The third kappa shape index (κ3) is 4.65. The molecule has 2 rings (SSSR count). The van der Waals surface area contributed by atoms with Gasteiger partial charge in [0.25, 0.3) is 0 Å². The van der Waals surface area contributed by atoms with Gasteiger partial charge in [-0.1, -0.05) is 11.2 Å². The lowest BCUT2D eigenvalue weighted by atomic mass is 10.2. The van der Waals surface area contributed by atoms with E-state index >= 15 is 0 Å². The van der Waals surface area contributed by atoms with E-state index in [0.717, 1.165) is 30.2 Å². The first-order valence-electron chi connectivity index (χ1n) is 6.17. The van der Waals surface area contributed by atoms with Crippen molar-refractivity contribution in [1.29, 1.82) is 0 Å². The molecule has 0 aliphatic carbocycles. The summed E-state index contributed by atoms with van der Waals surface area (Å²) in [6.45, 7) is 1.59. The first-order chi connectivity index (χ1) is 9.28. The summed E-state index contributed by atoms with van der Waals surface area (Å²) in [5.41, 5.74) is 1.10. The number of hydrogen-bond donors (Lipinski definition) is 0. The number of pyridine rings is 1. The molecule has 5 nitrogen and oxygen atoms in total. The van der Waals surface area contributed by atoms with Crippen LogP contribution >= 0.6 is 11.8 Å². The topological polar surface area (TPSA) is 55.1 Å². The highest BCUT2D eigenvalue weighted by molar-refractivity contribution is 7.97. The van der Waals surface area contributed by atoms with Crippen LogP contribution in [0, 0.1) is 0 Å². The van der Waals surface area contributed by atoms with Crippen molar-refractivity contribution in [2.24, 2.45) is 0 Å². The van der Waals surface area contributed by atoms with E-state index < -0.39 is 0 Å². The second-order valence-electron chi connectivity index (χ2n) is 4.35. The molecule has 102 valence electrons. The molecule has 2 aromatic heterocycles. The lowest BCUT2D eigenvalue weighted by molar-refractivity contribution is 0.268. The van der Waals surface area contributed by atoms with Crippen molar-refractivity contribution in [3.8, 4) is 0 Å². The van der Waals surface area contributed by atoms with Gasteiger partial charge in [0.15, 0.2) is 5.82 Å². The van der Waals surface area contributed by atoms with E-state index in [0.29, 0.717) is 12.4 Å². The molecule has 0 atom stereocenters. The van der Waals surface area contributed by atoms with Crippen molar-refractivity contribution in [2.45, 2.75) is 18.7 Å². The molecular weight excluding hydrogens is 260 g/mol. The van der Waals surface area contributed by atoms with Gasteiger partial charge >= 0.3 is 0 Å². The molecule has 0 aromatic carbocycles. The number of aromatic nitrogens is 3. The van der Waals surface area contributed by atoms with Gasteiger partial charge in [0.1, 0.15) is 0 Å². The number of likely N-dealkylation sites (N-methyl/N-ethyl adjacent to an activating group) is 1. The van der Waals surface area contributed by atoms with Crippen LogP contribution in [0.4, 0.5) is 0 Å². The highest BCUT2D eigenvalue weighted by Gasteiger charge is 2.08. The van der Waals surface area contributed by atoms with Crippen LogP contribution in [-0.4, -0.2) is 39.9 Å². The van der Waals surface area contributed by atoms with Crippen molar-refractivity contribution in [2.75, 3.05) is 19.8 Å². The lowest BCUT2D eigenvalue weighted by Crippen LogP contribution is -2.21. The van der Waals surface area contributed by atoms with Crippen LogP contribution in [0.2, 0.25) is 0 Å². The molecule has 0 aliphatic heterocycles. The Balaban J connectivity index is 1.78. The fourth-order valence-corrected chi connectivity index (χ4v) is 2.08. The Bertz CT molecular complexity index is 488. The van der Waals surface area contributed by atoms with Crippen molar-refractivity contribution in [1.82, 2.24) is 20.0 Å². The molecule has 0 bridgehead atoms. The molecule has 2 aromatic rings. The van der Waals surface area contributed by atoms with Crippen LogP contribution < -0.4 is 0 Å². The van der Waals surface area contributed by atoms with Crippen molar-refractivity contribution in [3.63, 3.8) is 0 Å². The highest BCUT2D eigenvalue weighted by atomic mass is 32.2. The minimum atomic E-state index is 0.674. The number of thioether (sulfide) groups is 1. The van der Waals surface area contributed by atoms with Crippen molar-refractivity contribution in [3.05, 3.63) is 41.8 Å². The van der Waals surface area contributed by atoms with E-state index in [9.17, 15) is 0 Å². The summed E-state index contributed by atoms with van der Waals surface area (Å²) >= 11 is 1.69. The summed E-state index contributed by atoms with van der Waals surface area (Å²) in [6, 6.07) is 5.98. The smallest absolute Gasteiger partial charge is 0.240 e. The standard InChI is InChI=1S/C13H18N4OS/c1-17(8-6-11-5-3-4-7-14-11)9-13-15-12(10-19-2)16-18-13/h3-5,7H,6,8-10H2,1-2H3. The molecule has 0 saturated heterocycles. The van der Waals surface area contributed by atoms with Crippen LogP contribution in [0.5, 0.6) is 0 Å². The first kappa shape index (κ1) is 14.0. The third-order valence-corrected chi connectivity index (χ3v) is 3.21. The molecule has 0 radical (unpaired) electrons. The molecule has 6 heteroatoms. The van der Waals surface area contributed by atoms with Crippen LogP contribution in [0.15, 0.2) is 28.9 Å². The summed E-state index contributed by atoms with van der Waals surface area (Å²) in [5.74, 6) is 2.23. The molecule has 0 N–H and O–H groups in total. The van der Waals surface area contributed by atoms with Gasteiger partial charge in [-0.05, 0) is 25.4 Å². The molecule has 0 saturated carbocycles. The largest absolute Gasteiger partial charge is 0.338 e. The van der Waals surface area contributed by atoms with E-state index in [1.165, 1.54) is 0 Å². The third-order valence-electron chi connectivity index (χ3n) is 2.66. The van der Waals surface area contributed by atoms with Crippen molar-refractivity contribution < 1.29 is 4.52 Å². The van der Waals surface area contributed by atoms with Crippen LogP contribution in [0.3, 0.4) is 0 Å². The summed E-state index contributed by atoms with van der Waals surface area (Å²) < 4.78 is 5.21. The summed E-state index contributed by atoms with van der Waals surface area (Å²) in [4.78, 5) is 10.8. The maximum atomic E-state index is 5.21. The normalized spacial score (nSPS) is 11.1. The Morgan fingerprint density at radius 2 is 2.26 bits per heavy atom. The number of nitrogens with zero attached hydrogens (tertiary/aromatic N) is 4. The fraction of sp³-hybridized carbons (Fsp3) is 0.462. The second kappa shape index (κ2) is 7.25. The highest BCUT2D eigenvalue weighted by Crippen LogP contribution is 2.07. The van der Waals surface area contributed by atoms with Crippen LogP contribution in [0.1, 0.15) is 17.4 Å². The van der Waals surface area contributed by atoms with Crippen LogP contribution in [-0.2, 0) is 18.7 Å². The van der Waals surface area contributed by atoms with E-state index in [1.54, 1.807) is 11.8 Å². The number of hydrogen-bond acceptors (Lipinski definition) is 6. The van der Waals surface area contributed by atoms with Gasteiger partial charge in [-0.15, -0.1) is 0 Å². The zero-order valence-corrected chi connectivity index (χ0v) is 12.1. The van der Waals surface area contributed by atoms with Crippen LogP contribution in [0.25, 0.3) is 0 Å². The second-order valence-corrected chi connectivity index (χ2v) is 5.21. The Hall–Kier alpha value is -1.40. The Labute approximate surface area is 117 Å². The van der Waals surface area contributed by atoms with Gasteiger partial charge in [0, 0.05) is 24.9 Å². The maximum absolute atomic E-state index is 5.21. The van der Waals surface area contributed by atoms with E-state index in [1.807, 2.05) is 37.7 Å². The average Bonchev–Trinajstić information content (AvgIpc) is 2.85. The Kier molecular flexibility index (Phi) is 5.35. The van der Waals surface area contributed by atoms with Gasteiger partial charge in [-0.25, -0.2) is 0 Å². The molecule has 19 heavy (non-hydrogen) atoms. The quantitative estimate of drug-likeness (QED) is 0.772. The van der Waals surface area contributed by atoms with Gasteiger partial charge in [0.05, 0.1) is 12.3 Å². The Morgan fingerprint density at radius 1 is 1.37 bits per heavy atom. The van der Waals surface area contributed by atoms with Gasteiger partial charge in [0.2, 0.25) is 5.89 Å². The molecule has 0 unspecified atom stereocenters. The zero-order valence-electron chi connectivity index (χ0n) is 11.2. The van der Waals surface area contributed by atoms with Gasteiger partial charge in [-0.3, -0.25) is 9.88 Å².